The lowest BCUT2D eigenvalue weighted by Crippen LogP contribution is -2.01. The zero-order valence-corrected chi connectivity index (χ0v) is 9.89. The summed E-state index contributed by atoms with van der Waals surface area (Å²) in [6.07, 6.45) is 8.24. The normalized spacial score (nSPS) is 10.3. The van der Waals surface area contributed by atoms with Crippen molar-refractivity contribution in [1.29, 1.82) is 0 Å². The number of hydrogen-bond donors (Lipinski definition) is 0. The summed E-state index contributed by atoms with van der Waals surface area (Å²) in [5.41, 5.74) is 2.76. The fourth-order valence-electron chi connectivity index (χ4n) is 1.90. The minimum Gasteiger partial charge on any atom is -0.857 e. The van der Waals surface area contributed by atoms with Gasteiger partial charge in [0.2, 0.25) is 0 Å². The number of aromatic nitrogens is 4. The summed E-state index contributed by atoms with van der Waals surface area (Å²) in [7, 11) is 0. The highest BCUT2D eigenvalue weighted by Gasteiger charge is 2.09. The van der Waals surface area contributed by atoms with Crippen molar-refractivity contribution >= 4 is 0 Å². The number of pyridine rings is 2. The average Bonchev–Trinajstić information content (AvgIpc) is 2.49. The van der Waals surface area contributed by atoms with Crippen molar-refractivity contribution in [3.8, 4) is 28.1 Å². The molecular formula is C14H9N4O-. The Morgan fingerprint density at radius 2 is 1.53 bits per heavy atom. The van der Waals surface area contributed by atoms with Gasteiger partial charge in [-0.05, 0) is 12.1 Å². The Morgan fingerprint density at radius 3 is 2.16 bits per heavy atom. The van der Waals surface area contributed by atoms with Crippen LogP contribution in [0.5, 0.6) is 5.88 Å². The first-order chi connectivity index (χ1) is 9.36. The van der Waals surface area contributed by atoms with E-state index in [0.717, 1.165) is 11.1 Å². The smallest absolute Gasteiger partial charge is 0.0581 e. The van der Waals surface area contributed by atoms with Crippen LogP contribution in [-0.2, 0) is 0 Å². The van der Waals surface area contributed by atoms with E-state index in [1.165, 1.54) is 0 Å². The third-order valence-corrected chi connectivity index (χ3v) is 2.74. The third-order valence-electron chi connectivity index (χ3n) is 2.74. The van der Waals surface area contributed by atoms with E-state index in [1.54, 1.807) is 37.1 Å². The van der Waals surface area contributed by atoms with Gasteiger partial charge < -0.3 is 5.11 Å². The molecule has 5 nitrogen and oxygen atoms in total. The molecule has 3 heterocycles. The van der Waals surface area contributed by atoms with E-state index in [0.29, 0.717) is 11.1 Å². The van der Waals surface area contributed by atoms with E-state index in [-0.39, 0.29) is 5.88 Å². The maximum atomic E-state index is 12.0. The van der Waals surface area contributed by atoms with Gasteiger partial charge in [0.25, 0.3) is 0 Å². The Labute approximate surface area is 109 Å². The van der Waals surface area contributed by atoms with E-state index >= 15 is 0 Å². The van der Waals surface area contributed by atoms with E-state index in [9.17, 15) is 5.11 Å². The minimum atomic E-state index is -0.366. The van der Waals surface area contributed by atoms with Crippen molar-refractivity contribution in [2.45, 2.75) is 0 Å². The van der Waals surface area contributed by atoms with Crippen molar-refractivity contribution in [2.24, 2.45) is 0 Å². The molecule has 0 bridgehead atoms. The first-order valence-electron chi connectivity index (χ1n) is 5.70. The maximum Gasteiger partial charge on any atom is 0.0581 e. The molecule has 0 fully saturated rings. The highest BCUT2D eigenvalue weighted by molar-refractivity contribution is 5.84. The van der Waals surface area contributed by atoms with E-state index in [1.807, 2.05) is 18.2 Å². The summed E-state index contributed by atoms with van der Waals surface area (Å²) in [6, 6.07) is 7.30. The quantitative estimate of drug-likeness (QED) is 0.690. The fourth-order valence-corrected chi connectivity index (χ4v) is 1.90. The van der Waals surface area contributed by atoms with Crippen LogP contribution in [0.4, 0.5) is 0 Å². The molecule has 92 valence electrons. The molecule has 0 aliphatic carbocycles. The lowest BCUT2D eigenvalue weighted by molar-refractivity contribution is -0.274. The van der Waals surface area contributed by atoms with Gasteiger partial charge in [-0.2, -0.15) is 10.2 Å². The van der Waals surface area contributed by atoms with Gasteiger partial charge in [0.05, 0.1) is 6.20 Å². The molecule has 3 aromatic heterocycles. The molecule has 0 aromatic carbocycles. The van der Waals surface area contributed by atoms with Gasteiger partial charge >= 0.3 is 0 Å². The molecule has 0 unspecified atom stereocenters. The molecule has 0 N–H and O–H groups in total. The van der Waals surface area contributed by atoms with Gasteiger partial charge in [-0.25, -0.2) is 0 Å². The lowest BCUT2D eigenvalue weighted by Gasteiger charge is -2.15. The van der Waals surface area contributed by atoms with Crippen LogP contribution in [0, 0.1) is 0 Å². The Hall–Kier alpha value is -2.82. The van der Waals surface area contributed by atoms with Crippen LogP contribution >= 0.6 is 0 Å². The molecule has 0 saturated heterocycles. The molecule has 0 aliphatic rings. The van der Waals surface area contributed by atoms with Crippen molar-refractivity contribution in [2.75, 3.05) is 0 Å². The molecule has 3 rings (SSSR count). The van der Waals surface area contributed by atoms with Crippen LogP contribution in [0.25, 0.3) is 22.3 Å². The first kappa shape index (κ1) is 11.3. The predicted molar refractivity (Wildman–Crippen MR) is 67.9 cm³/mol. The molecule has 0 radical (unpaired) electrons. The molecule has 0 saturated carbocycles. The number of nitrogens with zero attached hydrogens (tertiary/aromatic N) is 4. The van der Waals surface area contributed by atoms with Crippen LogP contribution in [0.3, 0.4) is 0 Å². The number of hydrogen-bond acceptors (Lipinski definition) is 5. The Bertz CT molecular complexity index is 686. The van der Waals surface area contributed by atoms with Gasteiger partial charge in [0.15, 0.2) is 0 Å². The Morgan fingerprint density at radius 1 is 0.842 bits per heavy atom. The second kappa shape index (κ2) is 4.81. The molecule has 0 amide bonds. The van der Waals surface area contributed by atoms with E-state index in [2.05, 4.69) is 20.2 Å². The average molecular weight is 249 g/mol. The minimum absolute atomic E-state index is 0.366. The lowest BCUT2D eigenvalue weighted by atomic mass is 9.99. The molecular weight excluding hydrogens is 240 g/mol. The zero-order chi connectivity index (χ0) is 13.1. The molecule has 19 heavy (non-hydrogen) atoms. The van der Waals surface area contributed by atoms with Gasteiger partial charge in [0, 0.05) is 52.9 Å². The van der Waals surface area contributed by atoms with Gasteiger partial charge in [-0.1, -0.05) is 12.1 Å². The van der Waals surface area contributed by atoms with Crippen molar-refractivity contribution < 1.29 is 5.11 Å². The summed E-state index contributed by atoms with van der Waals surface area (Å²) >= 11 is 0. The van der Waals surface area contributed by atoms with Gasteiger partial charge in [-0.15, -0.1) is 0 Å². The summed E-state index contributed by atoms with van der Waals surface area (Å²) < 4.78 is 0. The standard InChI is InChI=1S/C14H10N4O/c19-14-13(11-4-2-6-16-8-11)12(9-17-18-14)10-3-1-5-15-7-10/h1-9H,(H,18,19)/p-1. The Kier molecular flexibility index (Phi) is 2.86. The van der Waals surface area contributed by atoms with Crippen LogP contribution < -0.4 is 5.11 Å². The summed E-state index contributed by atoms with van der Waals surface area (Å²) in [5.74, 6) is -0.366. The Balaban J connectivity index is 2.25. The van der Waals surface area contributed by atoms with Crippen molar-refractivity contribution in [1.82, 2.24) is 20.2 Å². The summed E-state index contributed by atoms with van der Waals surface area (Å²) in [6.45, 7) is 0. The highest BCUT2D eigenvalue weighted by atomic mass is 16.3. The van der Waals surface area contributed by atoms with Crippen molar-refractivity contribution in [3.63, 3.8) is 0 Å². The molecule has 3 aromatic rings. The van der Waals surface area contributed by atoms with Gasteiger partial charge in [-0.3, -0.25) is 9.97 Å². The maximum absolute atomic E-state index is 12.0. The number of rotatable bonds is 2. The van der Waals surface area contributed by atoms with Crippen LogP contribution in [0.2, 0.25) is 0 Å². The fraction of sp³-hybridized carbons (Fsp3) is 0. The topological polar surface area (TPSA) is 74.6 Å². The SMILES string of the molecule is [O-]c1nncc(-c2cccnc2)c1-c1cccnc1. The second-order valence-electron chi connectivity index (χ2n) is 3.92. The third kappa shape index (κ3) is 2.13. The largest absolute Gasteiger partial charge is 0.857 e. The van der Waals surface area contributed by atoms with E-state index < -0.39 is 0 Å². The van der Waals surface area contributed by atoms with E-state index in [4.69, 9.17) is 0 Å². The highest BCUT2D eigenvalue weighted by Crippen LogP contribution is 2.34. The van der Waals surface area contributed by atoms with Crippen LogP contribution in [-0.4, -0.2) is 20.2 Å². The van der Waals surface area contributed by atoms with Crippen LogP contribution in [0.1, 0.15) is 0 Å². The van der Waals surface area contributed by atoms with Crippen LogP contribution in [0.15, 0.2) is 55.2 Å². The van der Waals surface area contributed by atoms with Gasteiger partial charge in [0.1, 0.15) is 0 Å². The summed E-state index contributed by atoms with van der Waals surface area (Å²) in [4.78, 5) is 8.09. The predicted octanol–water partition coefficient (Wildman–Crippen LogP) is 1.67. The zero-order valence-electron chi connectivity index (χ0n) is 9.89. The summed E-state index contributed by atoms with van der Waals surface area (Å²) in [5, 5.41) is 19.3. The molecule has 5 heteroatoms. The second-order valence-corrected chi connectivity index (χ2v) is 3.92. The molecule has 0 atom stereocenters. The molecule has 0 spiro atoms. The molecule has 0 aliphatic heterocycles. The first-order valence-corrected chi connectivity index (χ1v) is 5.70. The monoisotopic (exact) mass is 249 g/mol. The van der Waals surface area contributed by atoms with Crippen molar-refractivity contribution in [3.05, 3.63) is 55.2 Å².